The first-order valence-electron chi connectivity index (χ1n) is 5.88. The normalized spacial score (nSPS) is 12.2. The van der Waals surface area contributed by atoms with Gasteiger partial charge in [0.15, 0.2) is 11.6 Å². The van der Waals surface area contributed by atoms with Crippen LogP contribution in [-0.4, -0.2) is 12.1 Å². The van der Waals surface area contributed by atoms with Crippen molar-refractivity contribution in [1.82, 2.24) is 10.4 Å². The van der Waals surface area contributed by atoms with Gasteiger partial charge in [0.1, 0.15) is 0 Å². The fourth-order valence-electron chi connectivity index (χ4n) is 1.90. The molecule has 0 aliphatic heterocycles. The highest BCUT2D eigenvalue weighted by Gasteiger charge is 2.15. The average molecular weight is 261 g/mol. The second kappa shape index (κ2) is 5.77. The van der Waals surface area contributed by atoms with Crippen LogP contribution in [0.15, 0.2) is 36.5 Å². The Kier molecular flexibility index (Phi) is 4.09. The van der Waals surface area contributed by atoms with Gasteiger partial charge in [-0.1, -0.05) is 12.1 Å². The van der Waals surface area contributed by atoms with Crippen LogP contribution in [0.5, 0.6) is 5.75 Å². The van der Waals surface area contributed by atoms with Gasteiger partial charge in [0.25, 0.3) is 0 Å². The lowest BCUT2D eigenvalue weighted by Crippen LogP contribution is -2.29. The van der Waals surface area contributed by atoms with E-state index >= 15 is 0 Å². The molecule has 100 valence electrons. The number of aryl methyl sites for hydroxylation is 1. The Morgan fingerprint density at radius 2 is 2.00 bits per heavy atom. The zero-order valence-electron chi connectivity index (χ0n) is 10.9. The van der Waals surface area contributed by atoms with Crippen LogP contribution >= 0.6 is 0 Å². The number of pyridine rings is 1. The molecule has 0 radical (unpaired) electrons. The summed E-state index contributed by atoms with van der Waals surface area (Å²) in [7, 11) is 1.43. The second-order valence-corrected chi connectivity index (χ2v) is 4.23. The summed E-state index contributed by atoms with van der Waals surface area (Å²) in [5.41, 5.74) is 5.18. The minimum atomic E-state index is -0.416. The summed E-state index contributed by atoms with van der Waals surface area (Å²) >= 11 is 0. The van der Waals surface area contributed by atoms with Gasteiger partial charge in [-0.3, -0.25) is 10.8 Å². The minimum absolute atomic E-state index is 0.210. The number of nitrogens with zero attached hydrogens (tertiary/aromatic N) is 1. The first kappa shape index (κ1) is 13.5. The van der Waals surface area contributed by atoms with Gasteiger partial charge in [0.05, 0.1) is 13.2 Å². The molecule has 2 aromatic rings. The zero-order valence-corrected chi connectivity index (χ0v) is 10.9. The van der Waals surface area contributed by atoms with E-state index in [-0.39, 0.29) is 11.8 Å². The van der Waals surface area contributed by atoms with Crippen LogP contribution < -0.4 is 16.0 Å². The van der Waals surface area contributed by atoms with Crippen molar-refractivity contribution >= 4 is 0 Å². The van der Waals surface area contributed by atoms with Gasteiger partial charge in [-0.2, -0.15) is 0 Å². The largest absolute Gasteiger partial charge is 0.494 e. The van der Waals surface area contributed by atoms with Gasteiger partial charge in [-0.05, 0) is 36.2 Å². The second-order valence-electron chi connectivity index (χ2n) is 4.23. The summed E-state index contributed by atoms with van der Waals surface area (Å²) in [6.45, 7) is 1.90. The van der Waals surface area contributed by atoms with E-state index in [2.05, 4.69) is 10.4 Å². The molecule has 0 spiro atoms. The topological polar surface area (TPSA) is 60.2 Å². The van der Waals surface area contributed by atoms with Gasteiger partial charge in [0.2, 0.25) is 0 Å². The van der Waals surface area contributed by atoms with Crippen molar-refractivity contribution in [2.24, 2.45) is 5.84 Å². The summed E-state index contributed by atoms with van der Waals surface area (Å²) < 4.78 is 18.6. The number of benzene rings is 1. The summed E-state index contributed by atoms with van der Waals surface area (Å²) in [6.07, 6.45) is 1.72. The van der Waals surface area contributed by atoms with Gasteiger partial charge in [-0.15, -0.1) is 0 Å². The SMILES string of the molecule is COc1ccc(C(NN)c2ccc(C)nc2)cc1F. The molecule has 0 saturated heterocycles. The van der Waals surface area contributed by atoms with Crippen molar-refractivity contribution < 1.29 is 9.13 Å². The highest BCUT2D eigenvalue weighted by molar-refractivity contribution is 5.35. The molecule has 1 atom stereocenters. The Balaban J connectivity index is 2.36. The molecule has 0 aliphatic rings. The van der Waals surface area contributed by atoms with E-state index in [1.54, 1.807) is 18.3 Å². The third-order valence-electron chi connectivity index (χ3n) is 2.94. The Morgan fingerprint density at radius 1 is 1.26 bits per heavy atom. The van der Waals surface area contributed by atoms with E-state index in [0.29, 0.717) is 5.56 Å². The number of rotatable bonds is 4. The lowest BCUT2D eigenvalue weighted by molar-refractivity contribution is 0.385. The highest BCUT2D eigenvalue weighted by atomic mass is 19.1. The van der Waals surface area contributed by atoms with Crippen LogP contribution in [0.1, 0.15) is 22.9 Å². The molecule has 0 saturated carbocycles. The van der Waals surface area contributed by atoms with Crippen LogP contribution in [0.2, 0.25) is 0 Å². The molecule has 1 unspecified atom stereocenters. The molecule has 4 nitrogen and oxygen atoms in total. The number of hydrazine groups is 1. The summed E-state index contributed by atoms with van der Waals surface area (Å²) in [5.74, 6) is 5.36. The lowest BCUT2D eigenvalue weighted by Gasteiger charge is -2.17. The van der Waals surface area contributed by atoms with Crippen molar-refractivity contribution in [2.45, 2.75) is 13.0 Å². The molecular formula is C14H16FN3O. The number of hydrogen-bond acceptors (Lipinski definition) is 4. The van der Waals surface area contributed by atoms with Gasteiger partial charge >= 0.3 is 0 Å². The molecule has 1 aromatic heterocycles. The molecule has 1 aromatic carbocycles. The standard InChI is InChI=1S/C14H16FN3O/c1-9-3-4-11(8-17-9)14(18-16)10-5-6-13(19-2)12(15)7-10/h3-8,14,18H,16H2,1-2H3. The van der Waals surface area contributed by atoms with Crippen LogP contribution in [-0.2, 0) is 0 Å². The van der Waals surface area contributed by atoms with E-state index in [1.807, 2.05) is 19.1 Å². The Labute approximate surface area is 111 Å². The van der Waals surface area contributed by atoms with Crippen LogP contribution in [0.3, 0.4) is 0 Å². The van der Waals surface area contributed by atoms with Crippen molar-refractivity contribution in [2.75, 3.05) is 7.11 Å². The maximum absolute atomic E-state index is 13.7. The number of hydrogen-bond donors (Lipinski definition) is 2. The average Bonchev–Trinajstić information content (AvgIpc) is 2.42. The van der Waals surface area contributed by atoms with E-state index in [0.717, 1.165) is 11.3 Å². The van der Waals surface area contributed by atoms with Crippen molar-refractivity contribution in [3.05, 3.63) is 59.2 Å². The molecule has 2 rings (SSSR count). The predicted molar refractivity (Wildman–Crippen MR) is 71.1 cm³/mol. The number of ether oxygens (including phenoxy) is 1. The number of nitrogens with one attached hydrogen (secondary N) is 1. The third kappa shape index (κ3) is 2.89. The Morgan fingerprint density at radius 3 is 2.53 bits per heavy atom. The Bertz CT molecular complexity index is 557. The molecular weight excluding hydrogens is 245 g/mol. The molecule has 0 amide bonds. The number of aromatic nitrogens is 1. The smallest absolute Gasteiger partial charge is 0.165 e. The fraction of sp³-hybridized carbons (Fsp3) is 0.214. The maximum atomic E-state index is 13.7. The number of nitrogens with two attached hydrogens (primary N) is 1. The summed E-state index contributed by atoms with van der Waals surface area (Å²) in [6, 6.07) is 8.24. The first-order chi connectivity index (χ1) is 9.15. The molecule has 5 heteroatoms. The zero-order chi connectivity index (χ0) is 13.8. The molecule has 1 heterocycles. The van der Waals surface area contributed by atoms with E-state index < -0.39 is 5.82 Å². The van der Waals surface area contributed by atoms with Crippen LogP contribution in [0.4, 0.5) is 4.39 Å². The molecule has 0 bridgehead atoms. The van der Waals surface area contributed by atoms with Crippen LogP contribution in [0.25, 0.3) is 0 Å². The van der Waals surface area contributed by atoms with Crippen LogP contribution in [0, 0.1) is 12.7 Å². The van der Waals surface area contributed by atoms with E-state index in [4.69, 9.17) is 10.6 Å². The van der Waals surface area contributed by atoms with Gasteiger partial charge in [-0.25, -0.2) is 9.82 Å². The minimum Gasteiger partial charge on any atom is -0.494 e. The number of halogens is 1. The fourth-order valence-corrected chi connectivity index (χ4v) is 1.90. The molecule has 0 aliphatic carbocycles. The predicted octanol–water partition coefficient (Wildman–Crippen LogP) is 2.09. The summed E-state index contributed by atoms with van der Waals surface area (Å²) in [5, 5.41) is 0. The van der Waals surface area contributed by atoms with Crippen molar-refractivity contribution in [1.29, 1.82) is 0 Å². The van der Waals surface area contributed by atoms with E-state index in [9.17, 15) is 4.39 Å². The highest BCUT2D eigenvalue weighted by Crippen LogP contribution is 2.25. The summed E-state index contributed by atoms with van der Waals surface area (Å²) in [4.78, 5) is 4.22. The quantitative estimate of drug-likeness (QED) is 0.653. The van der Waals surface area contributed by atoms with E-state index in [1.165, 1.54) is 13.2 Å². The number of methoxy groups -OCH3 is 1. The maximum Gasteiger partial charge on any atom is 0.165 e. The molecule has 19 heavy (non-hydrogen) atoms. The first-order valence-corrected chi connectivity index (χ1v) is 5.88. The lowest BCUT2D eigenvalue weighted by atomic mass is 10.0. The van der Waals surface area contributed by atoms with Crippen molar-refractivity contribution in [3.63, 3.8) is 0 Å². The third-order valence-corrected chi connectivity index (χ3v) is 2.94. The van der Waals surface area contributed by atoms with Gasteiger partial charge in [0, 0.05) is 11.9 Å². The molecule has 3 N–H and O–H groups in total. The monoisotopic (exact) mass is 261 g/mol. The Hall–Kier alpha value is -1.98. The van der Waals surface area contributed by atoms with Crippen molar-refractivity contribution in [3.8, 4) is 5.75 Å². The molecule has 0 fully saturated rings. The van der Waals surface area contributed by atoms with Gasteiger partial charge < -0.3 is 4.74 Å².